The molecule has 0 bridgehead atoms. The Kier molecular flexibility index (Phi) is 2.61. The van der Waals surface area contributed by atoms with Crippen LogP contribution in [0.1, 0.15) is 6.92 Å². The molecular formula is C3H9BiO3. The van der Waals surface area contributed by atoms with Gasteiger partial charge in [0.15, 0.2) is 0 Å². The van der Waals surface area contributed by atoms with Crippen molar-refractivity contribution in [2.75, 3.05) is 7.11 Å². The van der Waals surface area contributed by atoms with E-state index in [0.717, 1.165) is 0 Å². The molecular weight excluding hydrogens is 293 g/mol. The predicted octanol–water partition coefficient (Wildman–Crippen LogP) is -0.916. The minimum atomic E-state index is -0.708. The fourth-order valence-electron chi connectivity index (χ4n) is 0.127. The molecule has 0 saturated carbocycles. The van der Waals surface area contributed by atoms with Gasteiger partial charge in [0.1, 0.15) is 0 Å². The van der Waals surface area contributed by atoms with Crippen LogP contribution in [0, 0.1) is 0 Å². The summed E-state index contributed by atoms with van der Waals surface area (Å²) in [4.78, 5) is 8.65. The summed E-state index contributed by atoms with van der Waals surface area (Å²) in [5.74, 6) is -0.708. The molecule has 0 atom stereocenters. The Balaban J connectivity index is 0.000000360. The van der Waals surface area contributed by atoms with Crippen molar-refractivity contribution in [3.05, 3.63) is 0 Å². The summed E-state index contributed by atoms with van der Waals surface area (Å²) >= 11 is 0. The first-order valence-corrected chi connectivity index (χ1v) is 1.69. The van der Waals surface area contributed by atoms with E-state index in [4.69, 9.17) is 0 Å². The van der Waals surface area contributed by atoms with Crippen LogP contribution in [0.25, 0.3) is 0 Å². The quantitative estimate of drug-likeness (QED) is 0.357. The molecule has 4 heteroatoms. The van der Waals surface area contributed by atoms with Crippen molar-refractivity contribution in [1.29, 1.82) is 0 Å². The van der Waals surface area contributed by atoms with Gasteiger partial charge in [0.05, 0.1) is 0 Å². The standard InChI is InChI=1S/C3H6O3.Bi.3H/c1-3(4-2)5-6-3;;;;/h1-2H3;;;;. The first kappa shape index (κ1) is 7.76. The van der Waals surface area contributed by atoms with E-state index in [1.54, 1.807) is 6.92 Å². The molecule has 0 aromatic carbocycles. The zero-order valence-electron chi connectivity index (χ0n) is 4.43. The summed E-state index contributed by atoms with van der Waals surface area (Å²) in [6, 6.07) is 0. The molecule has 0 aliphatic carbocycles. The summed E-state index contributed by atoms with van der Waals surface area (Å²) < 4.78 is 4.60. The molecule has 0 amide bonds. The second-order valence-electron chi connectivity index (χ2n) is 1.23. The third kappa shape index (κ3) is 2.00. The molecule has 0 radical (unpaired) electrons. The van der Waals surface area contributed by atoms with Gasteiger partial charge in [-0.3, -0.25) is 0 Å². The number of hydrogen-bond donors (Lipinski definition) is 0. The Morgan fingerprint density at radius 3 is 1.86 bits per heavy atom. The minimum absolute atomic E-state index is 0. The van der Waals surface area contributed by atoms with Gasteiger partial charge in [-0.2, -0.15) is 9.78 Å². The van der Waals surface area contributed by atoms with Gasteiger partial charge in [0.2, 0.25) is 0 Å². The van der Waals surface area contributed by atoms with E-state index >= 15 is 0 Å². The molecule has 0 unspecified atom stereocenters. The molecule has 0 N–H and O–H groups in total. The van der Waals surface area contributed by atoms with Crippen LogP contribution in [0.5, 0.6) is 0 Å². The predicted molar refractivity (Wildman–Crippen MR) is 27.5 cm³/mol. The maximum atomic E-state index is 4.60. The van der Waals surface area contributed by atoms with Crippen molar-refractivity contribution in [1.82, 2.24) is 0 Å². The van der Waals surface area contributed by atoms with Crippen LogP contribution < -0.4 is 0 Å². The van der Waals surface area contributed by atoms with Crippen molar-refractivity contribution in [2.45, 2.75) is 12.9 Å². The first-order chi connectivity index (χ1) is 2.77. The Morgan fingerprint density at radius 2 is 1.86 bits per heavy atom. The fraction of sp³-hybridized carbons (Fsp3) is 1.00. The number of hydrogen-bond acceptors (Lipinski definition) is 3. The van der Waals surface area contributed by atoms with Crippen LogP contribution in [0.15, 0.2) is 0 Å². The Labute approximate surface area is 61.0 Å². The topological polar surface area (TPSA) is 34.3 Å². The van der Waals surface area contributed by atoms with Crippen molar-refractivity contribution < 1.29 is 14.5 Å². The molecule has 3 nitrogen and oxygen atoms in total. The molecule has 0 aromatic rings. The van der Waals surface area contributed by atoms with Crippen molar-refractivity contribution in [2.24, 2.45) is 0 Å². The molecule has 1 aliphatic heterocycles. The fourth-order valence-corrected chi connectivity index (χ4v) is 0.127. The van der Waals surface area contributed by atoms with E-state index < -0.39 is 5.97 Å². The monoisotopic (exact) mass is 302 g/mol. The molecule has 1 heterocycles. The SMILES string of the molecule is COC1(C)OO1.[BiH3]. The van der Waals surface area contributed by atoms with Crippen LogP contribution in [-0.4, -0.2) is 39.3 Å². The van der Waals surface area contributed by atoms with E-state index in [-0.39, 0.29) is 26.2 Å². The van der Waals surface area contributed by atoms with E-state index in [0.29, 0.717) is 0 Å². The van der Waals surface area contributed by atoms with E-state index in [1.807, 2.05) is 0 Å². The summed E-state index contributed by atoms with van der Waals surface area (Å²) in [5, 5.41) is 0. The zero-order chi connectivity index (χ0) is 4.62. The van der Waals surface area contributed by atoms with Crippen molar-refractivity contribution in [3.63, 3.8) is 0 Å². The summed E-state index contributed by atoms with van der Waals surface area (Å²) in [7, 11) is 1.52. The van der Waals surface area contributed by atoms with Gasteiger partial charge in [-0.1, -0.05) is 0 Å². The third-order valence-corrected chi connectivity index (χ3v) is 0.689. The molecule has 1 saturated heterocycles. The van der Waals surface area contributed by atoms with Gasteiger partial charge in [0, 0.05) is 14.0 Å². The first-order valence-electron chi connectivity index (χ1n) is 1.69. The molecule has 1 fully saturated rings. The van der Waals surface area contributed by atoms with Gasteiger partial charge in [-0.25, -0.2) is 0 Å². The Bertz CT molecular complexity index is 61.2. The van der Waals surface area contributed by atoms with Gasteiger partial charge in [0.25, 0.3) is 0 Å². The summed E-state index contributed by atoms with van der Waals surface area (Å²) in [5.41, 5.74) is 0. The molecule has 0 aromatic heterocycles. The van der Waals surface area contributed by atoms with Gasteiger partial charge < -0.3 is 4.74 Å². The van der Waals surface area contributed by atoms with Crippen LogP contribution in [0.2, 0.25) is 0 Å². The van der Waals surface area contributed by atoms with Crippen molar-refractivity contribution in [3.8, 4) is 0 Å². The van der Waals surface area contributed by atoms with Gasteiger partial charge >= 0.3 is 32.2 Å². The molecule has 44 valence electrons. The van der Waals surface area contributed by atoms with E-state index in [1.165, 1.54) is 7.11 Å². The van der Waals surface area contributed by atoms with Crippen LogP contribution >= 0.6 is 0 Å². The molecule has 7 heavy (non-hydrogen) atoms. The maximum absolute atomic E-state index is 4.60. The Morgan fingerprint density at radius 1 is 1.43 bits per heavy atom. The van der Waals surface area contributed by atoms with E-state index in [9.17, 15) is 0 Å². The van der Waals surface area contributed by atoms with Crippen LogP contribution in [0.3, 0.4) is 0 Å². The number of rotatable bonds is 1. The molecule has 1 aliphatic rings. The molecule has 0 spiro atoms. The van der Waals surface area contributed by atoms with E-state index in [2.05, 4.69) is 14.5 Å². The summed E-state index contributed by atoms with van der Waals surface area (Å²) in [6.07, 6.45) is 0. The second kappa shape index (κ2) is 2.36. The van der Waals surface area contributed by atoms with Gasteiger partial charge in [-0.05, 0) is 0 Å². The van der Waals surface area contributed by atoms with Crippen LogP contribution in [0.4, 0.5) is 0 Å². The second-order valence-corrected chi connectivity index (χ2v) is 1.23. The molecule has 1 rings (SSSR count). The normalized spacial score (nSPS) is 23.1. The number of ether oxygens (including phenoxy) is 1. The summed E-state index contributed by atoms with van der Waals surface area (Å²) in [6.45, 7) is 1.69. The van der Waals surface area contributed by atoms with Gasteiger partial charge in [-0.15, -0.1) is 0 Å². The van der Waals surface area contributed by atoms with Crippen molar-refractivity contribution >= 4 is 26.2 Å². The average Bonchev–Trinajstić information content (AvgIpc) is 2.22. The third-order valence-electron chi connectivity index (χ3n) is 0.689. The zero-order valence-corrected chi connectivity index (χ0v) is 9.93. The Hall–Kier alpha value is 0.763. The number of methoxy groups -OCH3 is 1. The van der Waals surface area contributed by atoms with Crippen LogP contribution in [-0.2, 0) is 14.5 Å². The average molecular weight is 302 g/mol.